The zero-order chi connectivity index (χ0) is 9.26. The van der Waals surface area contributed by atoms with Crippen molar-refractivity contribution in [1.29, 1.82) is 0 Å². The molecule has 1 aliphatic heterocycles. The first-order valence-electron chi connectivity index (χ1n) is 4.22. The van der Waals surface area contributed by atoms with Crippen LogP contribution in [0.25, 0.3) is 0 Å². The highest BCUT2D eigenvalue weighted by atomic mass is 16.1. The van der Waals surface area contributed by atoms with E-state index in [1.54, 1.807) is 4.68 Å². The number of nitrogens with one attached hydrogen (secondary N) is 2. The summed E-state index contributed by atoms with van der Waals surface area (Å²) >= 11 is 0. The summed E-state index contributed by atoms with van der Waals surface area (Å²) in [6, 6.07) is 0. The highest BCUT2D eigenvalue weighted by Gasteiger charge is 2.13. The van der Waals surface area contributed by atoms with Gasteiger partial charge in [0.15, 0.2) is 0 Å². The molecule has 6 nitrogen and oxygen atoms in total. The lowest BCUT2D eigenvalue weighted by Gasteiger charge is -2.12. The standard InChI is InChI=1S/C7H11N5O/c1-5(13)9-6-10-7-8-3-2-4-12(7)11-6/h2-4H2,1H3,(H2,8,9,10,11,13). The Bertz CT molecular complexity index is 308. The van der Waals surface area contributed by atoms with Crippen LogP contribution in [0.5, 0.6) is 0 Å². The molecular formula is C7H11N5O. The summed E-state index contributed by atoms with van der Waals surface area (Å²) in [7, 11) is 0. The van der Waals surface area contributed by atoms with E-state index in [4.69, 9.17) is 0 Å². The van der Waals surface area contributed by atoms with Crippen LogP contribution in [-0.4, -0.2) is 27.2 Å². The second kappa shape index (κ2) is 3.04. The number of carbonyl (C=O) groups is 1. The van der Waals surface area contributed by atoms with Gasteiger partial charge in [0.25, 0.3) is 5.95 Å². The van der Waals surface area contributed by atoms with Crippen molar-refractivity contribution in [3.8, 4) is 0 Å². The Labute approximate surface area is 75.3 Å². The molecule has 0 bridgehead atoms. The minimum atomic E-state index is -0.150. The van der Waals surface area contributed by atoms with Crippen molar-refractivity contribution in [2.24, 2.45) is 0 Å². The van der Waals surface area contributed by atoms with E-state index in [2.05, 4.69) is 20.7 Å². The van der Waals surface area contributed by atoms with Crippen LogP contribution in [0.1, 0.15) is 13.3 Å². The Hall–Kier alpha value is -1.59. The predicted molar refractivity (Wildman–Crippen MR) is 47.4 cm³/mol. The van der Waals surface area contributed by atoms with Gasteiger partial charge in [-0.2, -0.15) is 4.98 Å². The van der Waals surface area contributed by atoms with Crippen molar-refractivity contribution < 1.29 is 4.79 Å². The summed E-state index contributed by atoms with van der Waals surface area (Å²) in [5.41, 5.74) is 0. The first kappa shape index (κ1) is 8.03. The maximum Gasteiger partial charge on any atom is 0.250 e. The minimum Gasteiger partial charge on any atom is -0.354 e. The largest absolute Gasteiger partial charge is 0.354 e. The van der Waals surface area contributed by atoms with Gasteiger partial charge < -0.3 is 5.32 Å². The highest BCUT2D eigenvalue weighted by Crippen LogP contribution is 2.12. The minimum absolute atomic E-state index is 0.150. The van der Waals surface area contributed by atoms with Crippen LogP contribution in [-0.2, 0) is 11.3 Å². The molecule has 1 aromatic rings. The molecule has 1 amide bonds. The average Bonchev–Trinajstić information content (AvgIpc) is 2.44. The third-order valence-electron chi connectivity index (χ3n) is 1.79. The molecule has 0 fully saturated rings. The summed E-state index contributed by atoms with van der Waals surface area (Å²) in [6.45, 7) is 3.21. The lowest BCUT2D eigenvalue weighted by Crippen LogP contribution is -2.17. The number of nitrogens with zero attached hydrogens (tertiary/aromatic N) is 3. The molecule has 0 unspecified atom stereocenters. The second-order valence-electron chi connectivity index (χ2n) is 2.94. The van der Waals surface area contributed by atoms with Crippen LogP contribution >= 0.6 is 0 Å². The zero-order valence-electron chi connectivity index (χ0n) is 7.37. The molecule has 0 spiro atoms. The fraction of sp³-hybridized carbons (Fsp3) is 0.571. The van der Waals surface area contributed by atoms with E-state index in [9.17, 15) is 4.79 Å². The van der Waals surface area contributed by atoms with Crippen LogP contribution < -0.4 is 10.6 Å². The maximum absolute atomic E-state index is 10.7. The van der Waals surface area contributed by atoms with E-state index in [-0.39, 0.29) is 5.91 Å². The molecule has 0 radical (unpaired) electrons. The SMILES string of the molecule is CC(=O)Nc1nc2n(n1)CCCN2. The smallest absolute Gasteiger partial charge is 0.250 e. The molecule has 0 aromatic carbocycles. The van der Waals surface area contributed by atoms with Gasteiger partial charge in [0, 0.05) is 20.0 Å². The van der Waals surface area contributed by atoms with Gasteiger partial charge in [0.05, 0.1) is 0 Å². The summed E-state index contributed by atoms with van der Waals surface area (Å²) in [6.07, 6.45) is 1.04. The van der Waals surface area contributed by atoms with Crippen LogP contribution in [0.2, 0.25) is 0 Å². The summed E-state index contributed by atoms with van der Waals surface area (Å²) in [5, 5.41) is 9.74. The summed E-state index contributed by atoms with van der Waals surface area (Å²) in [5.74, 6) is 0.954. The highest BCUT2D eigenvalue weighted by molar-refractivity contribution is 5.86. The van der Waals surface area contributed by atoms with Gasteiger partial charge in [-0.1, -0.05) is 0 Å². The fourth-order valence-corrected chi connectivity index (χ4v) is 1.27. The normalized spacial score (nSPS) is 14.5. The van der Waals surface area contributed by atoms with Crippen molar-refractivity contribution in [3.05, 3.63) is 0 Å². The van der Waals surface area contributed by atoms with E-state index in [1.165, 1.54) is 6.92 Å². The van der Waals surface area contributed by atoms with Crippen LogP contribution in [0.4, 0.5) is 11.9 Å². The lowest BCUT2D eigenvalue weighted by atomic mass is 10.4. The van der Waals surface area contributed by atoms with Crippen molar-refractivity contribution in [2.75, 3.05) is 17.2 Å². The molecule has 0 atom stereocenters. The second-order valence-corrected chi connectivity index (χ2v) is 2.94. The first-order valence-corrected chi connectivity index (χ1v) is 4.22. The number of fused-ring (bicyclic) bond motifs is 1. The van der Waals surface area contributed by atoms with Crippen LogP contribution in [0.3, 0.4) is 0 Å². The molecule has 0 aliphatic carbocycles. The van der Waals surface area contributed by atoms with E-state index in [1.807, 2.05) is 0 Å². The fourth-order valence-electron chi connectivity index (χ4n) is 1.27. The number of rotatable bonds is 1. The lowest BCUT2D eigenvalue weighted by molar-refractivity contribution is -0.114. The van der Waals surface area contributed by atoms with Crippen molar-refractivity contribution in [2.45, 2.75) is 19.9 Å². The number of aryl methyl sites for hydroxylation is 1. The molecule has 70 valence electrons. The number of carbonyl (C=O) groups excluding carboxylic acids is 1. The number of anilines is 2. The number of aromatic nitrogens is 3. The molecule has 2 N–H and O–H groups in total. The molecule has 0 saturated carbocycles. The molecular weight excluding hydrogens is 170 g/mol. The Balaban J connectivity index is 2.20. The zero-order valence-corrected chi connectivity index (χ0v) is 7.37. The molecule has 6 heteroatoms. The molecule has 2 rings (SSSR count). The molecule has 2 heterocycles. The predicted octanol–water partition coefficient (Wildman–Crippen LogP) is 0.0521. The maximum atomic E-state index is 10.7. The third kappa shape index (κ3) is 1.61. The van der Waals surface area contributed by atoms with Crippen molar-refractivity contribution in [1.82, 2.24) is 14.8 Å². The quantitative estimate of drug-likeness (QED) is 0.642. The summed E-state index contributed by atoms with van der Waals surface area (Å²) < 4.78 is 1.76. The number of amides is 1. The van der Waals surface area contributed by atoms with Gasteiger partial charge in [-0.25, -0.2) is 4.68 Å². The van der Waals surface area contributed by atoms with E-state index in [0.29, 0.717) is 5.95 Å². The van der Waals surface area contributed by atoms with E-state index in [0.717, 1.165) is 25.5 Å². The first-order chi connectivity index (χ1) is 6.25. The Morgan fingerprint density at radius 1 is 1.69 bits per heavy atom. The Kier molecular flexibility index (Phi) is 1.88. The van der Waals surface area contributed by atoms with Gasteiger partial charge in [0.1, 0.15) is 0 Å². The van der Waals surface area contributed by atoms with Gasteiger partial charge >= 0.3 is 0 Å². The topological polar surface area (TPSA) is 71.8 Å². The Morgan fingerprint density at radius 3 is 3.23 bits per heavy atom. The Morgan fingerprint density at radius 2 is 2.54 bits per heavy atom. The summed E-state index contributed by atoms with van der Waals surface area (Å²) in [4.78, 5) is 14.8. The van der Waals surface area contributed by atoms with Crippen LogP contribution in [0, 0.1) is 0 Å². The molecule has 1 aliphatic rings. The van der Waals surface area contributed by atoms with Gasteiger partial charge in [0.2, 0.25) is 11.9 Å². The van der Waals surface area contributed by atoms with E-state index < -0.39 is 0 Å². The molecule has 1 aromatic heterocycles. The average molecular weight is 181 g/mol. The van der Waals surface area contributed by atoms with Gasteiger partial charge in [-0.05, 0) is 6.42 Å². The van der Waals surface area contributed by atoms with Crippen LogP contribution in [0.15, 0.2) is 0 Å². The van der Waals surface area contributed by atoms with Crippen molar-refractivity contribution in [3.63, 3.8) is 0 Å². The third-order valence-corrected chi connectivity index (χ3v) is 1.79. The van der Waals surface area contributed by atoms with E-state index >= 15 is 0 Å². The van der Waals surface area contributed by atoms with Gasteiger partial charge in [-0.15, -0.1) is 5.10 Å². The van der Waals surface area contributed by atoms with Gasteiger partial charge in [-0.3, -0.25) is 10.1 Å². The molecule has 13 heavy (non-hydrogen) atoms. The molecule has 0 saturated heterocycles. The monoisotopic (exact) mass is 181 g/mol. The number of hydrogen-bond acceptors (Lipinski definition) is 4. The number of hydrogen-bond donors (Lipinski definition) is 2. The van der Waals surface area contributed by atoms with Crippen molar-refractivity contribution >= 4 is 17.8 Å².